The molecule has 0 aliphatic heterocycles. The summed E-state index contributed by atoms with van der Waals surface area (Å²) in [7, 11) is 2.08. The Bertz CT molecular complexity index is 389. The number of benzene rings is 1. The summed E-state index contributed by atoms with van der Waals surface area (Å²) in [4.78, 5) is 13.9. The molecule has 0 bridgehead atoms. The van der Waals surface area contributed by atoms with Gasteiger partial charge in [0, 0.05) is 24.0 Å². The highest BCUT2D eigenvalue weighted by atomic mass is 16.2. The van der Waals surface area contributed by atoms with Gasteiger partial charge in [-0.1, -0.05) is 0 Å². The average molecular weight is 264 g/mol. The van der Waals surface area contributed by atoms with Crippen molar-refractivity contribution in [2.75, 3.05) is 31.2 Å². The number of rotatable bonds is 6. The lowest BCUT2D eigenvalue weighted by Crippen LogP contribution is -2.33. The molecule has 1 aromatic carbocycles. The van der Waals surface area contributed by atoms with Crippen LogP contribution in [-0.2, 0) is 0 Å². The Morgan fingerprint density at radius 1 is 1.32 bits per heavy atom. The van der Waals surface area contributed by atoms with Crippen molar-refractivity contribution in [1.82, 2.24) is 10.2 Å². The van der Waals surface area contributed by atoms with Crippen molar-refractivity contribution in [2.45, 2.75) is 26.3 Å². The van der Waals surface area contributed by atoms with Gasteiger partial charge < -0.3 is 21.3 Å². The standard InChI is InChI=1S/C14H24N4O/c1-11(2)18(3)10-4-9-16-14(19)17-13-7-5-12(15)6-8-13/h5-8,11H,4,9-10,15H2,1-3H3,(H2,16,17,19). The number of anilines is 2. The largest absolute Gasteiger partial charge is 0.399 e. The van der Waals surface area contributed by atoms with E-state index in [-0.39, 0.29) is 6.03 Å². The second-order valence-corrected chi connectivity index (χ2v) is 4.93. The summed E-state index contributed by atoms with van der Waals surface area (Å²) in [5.74, 6) is 0. The van der Waals surface area contributed by atoms with Crippen LogP contribution in [0, 0.1) is 0 Å². The van der Waals surface area contributed by atoms with Gasteiger partial charge in [0.1, 0.15) is 0 Å². The van der Waals surface area contributed by atoms with E-state index in [0.29, 0.717) is 18.3 Å². The monoisotopic (exact) mass is 264 g/mol. The van der Waals surface area contributed by atoms with Crippen LogP contribution in [0.15, 0.2) is 24.3 Å². The predicted molar refractivity (Wildman–Crippen MR) is 80.3 cm³/mol. The molecule has 0 atom stereocenters. The van der Waals surface area contributed by atoms with Gasteiger partial charge in [0.2, 0.25) is 0 Å². The first kappa shape index (κ1) is 15.3. The predicted octanol–water partition coefficient (Wildman–Crippen LogP) is 2.12. The number of nitrogens with zero attached hydrogens (tertiary/aromatic N) is 1. The normalized spacial score (nSPS) is 10.8. The van der Waals surface area contributed by atoms with Crippen LogP contribution in [-0.4, -0.2) is 37.1 Å². The van der Waals surface area contributed by atoms with Crippen molar-refractivity contribution < 1.29 is 4.79 Å². The number of hydrogen-bond acceptors (Lipinski definition) is 3. The first-order valence-electron chi connectivity index (χ1n) is 6.59. The van der Waals surface area contributed by atoms with E-state index < -0.39 is 0 Å². The molecule has 0 fully saturated rings. The molecule has 0 radical (unpaired) electrons. The molecule has 4 N–H and O–H groups in total. The molecule has 2 amide bonds. The van der Waals surface area contributed by atoms with Crippen LogP contribution in [0.3, 0.4) is 0 Å². The molecule has 0 aromatic heterocycles. The van der Waals surface area contributed by atoms with Crippen LogP contribution >= 0.6 is 0 Å². The topological polar surface area (TPSA) is 70.4 Å². The van der Waals surface area contributed by atoms with Crippen LogP contribution in [0.1, 0.15) is 20.3 Å². The van der Waals surface area contributed by atoms with E-state index in [9.17, 15) is 4.79 Å². The molecule has 0 unspecified atom stereocenters. The number of nitrogens with one attached hydrogen (secondary N) is 2. The Morgan fingerprint density at radius 3 is 2.53 bits per heavy atom. The van der Waals surface area contributed by atoms with Gasteiger partial charge in [0.05, 0.1) is 0 Å². The maximum absolute atomic E-state index is 11.6. The molecule has 1 rings (SSSR count). The fourth-order valence-corrected chi connectivity index (χ4v) is 1.53. The minimum atomic E-state index is -0.183. The lowest BCUT2D eigenvalue weighted by molar-refractivity contribution is 0.248. The van der Waals surface area contributed by atoms with E-state index in [2.05, 4.69) is 36.4 Å². The first-order chi connectivity index (χ1) is 8.99. The molecule has 106 valence electrons. The number of nitrogens with two attached hydrogens (primary N) is 1. The van der Waals surface area contributed by atoms with Crippen molar-refractivity contribution in [1.29, 1.82) is 0 Å². The van der Waals surface area contributed by atoms with E-state index in [1.807, 2.05) is 0 Å². The molecule has 0 aliphatic rings. The zero-order chi connectivity index (χ0) is 14.3. The zero-order valence-corrected chi connectivity index (χ0v) is 11.9. The highest BCUT2D eigenvalue weighted by molar-refractivity contribution is 5.89. The summed E-state index contributed by atoms with van der Waals surface area (Å²) in [6.45, 7) is 5.94. The smallest absolute Gasteiger partial charge is 0.319 e. The number of nitrogen functional groups attached to an aromatic ring is 1. The second-order valence-electron chi connectivity index (χ2n) is 4.93. The first-order valence-corrected chi connectivity index (χ1v) is 6.59. The third kappa shape index (κ3) is 6.10. The highest BCUT2D eigenvalue weighted by Crippen LogP contribution is 2.09. The van der Waals surface area contributed by atoms with Crippen molar-refractivity contribution in [3.63, 3.8) is 0 Å². The van der Waals surface area contributed by atoms with Crippen molar-refractivity contribution in [3.8, 4) is 0 Å². The minimum Gasteiger partial charge on any atom is -0.399 e. The number of carbonyl (C=O) groups is 1. The fraction of sp³-hybridized carbons (Fsp3) is 0.500. The summed E-state index contributed by atoms with van der Waals surface area (Å²) in [5.41, 5.74) is 7.00. The summed E-state index contributed by atoms with van der Waals surface area (Å²) < 4.78 is 0. The van der Waals surface area contributed by atoms with Crippen LogP contribution < -0.4 is 16.4 Å². The zero-order valence-electron chi connectivity index (χ0n) is 11.9. The van der Waals surface area contributed by atoms with Gasteiger partial charge in [0.15, 0.2) is 0 Å². The van der Waals surface area contributed by atoms with Gasteiger partial charge in [0.25, 0.3) is 0 Å². The molecule has 1 aromatic rings. The average Bonchev–Trinajstić information content (AvgIpc) is 2.37. The summed E-state index contributed by atoms with van der Waals surface area (Å²) in [5, 5.41) is 5.59. The molecule has 19 heavy (non-hydrogen) atoms. The fourth-order valence-electron chi connectivity index (χ4n) is 1.53. The third-order valence-electron chi connectivity index (χ3n) is 3.02. The Labute approximate surface area is 115 Å². The molecule has 0 aliphatic carbocycles. The lowest BCUT2D eigenvalue weighted by atomic mass is 10.3. The molecule has 5 nitrogen and oxygen atoms in total. The van der Waals surface area contributed by atoms with Gasteiger partial charge in [-0.15, -0.1) is 0 Å². The Hall–Kier alpha value is -1.75. The van der Waals surface area contributed by atoms with Crippen molar-refractivity contribution in [2.24, 2.45) is 0 Å². The van der Waals surface area contributed by atoms with E-state index >= 15 is 0 Å². The van der Waals surface area contributed by atoms with Gasteiger partial charge >= 0.3 is 6.03 Å². The number of carbonyl (C=O) groups excluding carboxylic acids is 1. The van der Waals surface area contributed by atoms with Crippen LogP contribution in [0.2, 0.25) is 0 Å². The van der Waals surface area contributed by atoms with Gasteiger partial charge in [-0.25, -0.2) is 4.79 Å². The number of hydrogen-bond donors (Lipinski definition) is 3. The Balaban J connectivity index is 2.20. The molecule has 0 saturated heterocycles. The number of amides is 2. The van der Waals surface area contributed by atoms with Crippen molar-refractivity contribution in [3.05, 3.63) is 24.3 Å². The van der Waals surface area contributed by atoms with Gasteiger partial charge in [-0.05, 0) is 58.1 Å². The SMILES string of the molecule is CC(C)N(C)CCCNC(=O)Nc1ccc(N)cc1. The van der Waals surface area contributed by atoms with E-state index in [0.717, 1.165) is 18.7 Å². The molecule has 5 heteroatoms. The van der Waals surface area contributed by atoms with Gasteiger partial charge in [-0.3, -0.25) is 0 Å². The van der Waals surface area contributed by atoms with E-state index in [1.165, 1.54) is 0 Å². The summed E-state index contributed by atoms with van der Waals surface area (Å²) >= 11 is 0. The maximum atomic E-state index is 11.6. The van der Waals surface area contributed by atoms with E-state index in [4.69, 9.17) is 5.73 Å². The molecule has 0 spiro atoms. The minimum absolute atomic E-state index is 0.183. The van der Waals surface area contributed by atoms with E-state index in [1.54, 1.807) is 24.3 Å². The Kier molecular flexibility index (Phi) is 6.15. The summed E-state index contributed by atoms with van der Waals surface area (Å²) in [6, 6.07) is 7.42. The second kappa shape index (κ2) is 7.63. The number of urea groups is 1. The maximum Gasteiger partial charge on any atom is 0.319 e. The molecule has 0 saturated carbocycles. The van der Waals surface area contributed by atoms with Gasteiger partial charge in [-0.2, -0.15) is 0 Å². The Morgan fingerprint density at radius 2 is 1.95 bits per heavy atom. The quantitative estimate of drug-likeness (QED) is 0.544. The van der Waals surface area contributed by atoms with Crippen LogP contribution in [0.4, 0.5) is 16.2 Å². The third-order valence-corrected chi connectivity index (χ3v) is 3.02. The van der Waals surface area contributed by atoms with Crippen molar-refractivity contribution >= 4 is 17.4 Å². The molecular formula is C14H24N4O. The summed E-state index contributed by atoms with van der Waals surface area (Å²) in [6.07, 6.45) is 0.934. The molecule has 0 heterocycles. The van der Waals surface area contributed by atoms with Crippen LogP contribution in [0.5, 0.6) is 0 Å². The highest BCUT2D eigenvalue weighted by Gasteiger charge is 2.03. The van der Waals surface area contributed by atoms with Crippen LogP contribution in [0.25, 0.3) is 0 Å². The lowest BCUT2D eigenvalue weighted by Gasteiger charge is -2.20. The molecular weight excluding hydrogens is 240 g/mol.